The van der Waals surface area contributed by atoms with Crippen LogP contribution in [-0.4, -0.2) is 24.4 Å². The Bertz CT molecular complexity index is 611. The maximum absolute atomic E-state index is 9.72. The fourth-order valence-corrected chi connectivity index (χ4v) is 3.12. The minimum Gasteiger partial charge on any atom is -0.497 e. The number of aliphatic hydroxyl groups is 1. The molecule has 0 heterocycles. The Balaban J connectivity index is 1.67. The molecule has 0 bridgehead atoms. The first-order valence-electron chi connectivity index (χ1n) is 7.73. The van der Waals surface area contributed by atoms with Crippen LogP contribution < -0.4 is 10.1 Å². The van der Waals surface area contributed by atoms with E-state index in [1.165, 1.54) is 22.8 Å². The number of methoxy groups -OCH3 is 1. The van der Waals surface area contributed by atoms with Gasteiger partial charge >= 0.3 is 0 Å². The lowest BCUT2D eigenvalue weighted by molar-refractivity contribution is 0.111. The van der Waals surface area contributed by atoms with Gasteiger partial charge in [0, 0.05) is 12.6 Å². The Kier molecular flexibility index (Phi) is 4.42. The highest BCUT2D eigenvalue weighted by atomic mass is 16.5. The molecule has 3 rings (SSSR count). The largest absolute Gasteiger partial charge is 0.497 e. The Labute approximate surface area is 125 Å². The minimum absolute atomic E-state index is 0.125. The molecular weight excluding hydrogens is 262 g/mol. The molecule has 2 unspecified atom stereocenters. The third-order valence-electron chi connectivity index (χ3n) is 4.35. The van der Waals surface area contributed by atoms with Crippen molar-refractivity contribution in [1.82, 2.24) is 5.32 Å². The molecule has 112 valence electrons. The van der Waals surface area contributed by atoms with E-state index in [1.807, 2.05) is 6.07 Å². The van der Waals surface area contributed by atoms with E-state index in [0.29, 0.717) is 6.04 Å². The van der Waals surface area contributed by atoms with Gasteiger partial charge in [0.05, 0.1) is 13.2 Å². The summed E-state index contributed by atoms with van der Waals surface area (Å²) in [6.45, 7) is 0.860. The molecule has 2 N–H and O–H groups in total. The summed E-state index contributed by atoms with van der Waals surface area (Å²) in [7, 11) is 1.69. The number of benzene rings is 2. The molecule has 2 aromatic carbocycles. The molecule has 0 spiro atoms. The van der Waals surface area contributed by atoms with Gasteiger partial charge in [-0.3, -0.25) is 0 Å². The maximum atomic E-state index is 9.72. The van der Waals surface area contributed by atoms with Gasteiger partial charge in [-0.05, 0) is 60.2 Å². The maximum Gasteiger partial charge on any atom is 0.119 e. The van der Waals surface area contributed by atoms with Crippen LogP contribution in [0.25, 0.3) is 10.8 Å². The van der Waals surface area contributed by atoms with Gasteiger partial charge in [0.2, 0.25) is 0 Å². The monoisotopic (exact) mass is 285 g/mol. The average molecular weight is 285 g/mol. The number of nitrogens with one attached hydrogen (secondary N) is 1. The van der Waals surface area contributed by atoms with Gasteiger partial charge in [0.15, 0.2) is 0 Å². The van der Waals surface area contributed by atoms with Crippen LogP contribution in [0.1, 0.15) is 31.2 Å². The molecule has 1 aliphatic carbocycles. The van der Waals surface area contributed by atoms with Crippen LogP contribution >= 0.6 is 0 Å². The molecule has 0 amide bonds. The van der Waals surface area contributed by atoms with Crippen LogP contribution in [0.2, 0.25) is 0 Å². The first-order valence-corrected chi connectivity index (χ1v) is 7.73. The lowest BCUT2D eigenvalue weighted by Gasteiger charge is -2.26. The molecule has 21 heavy (non-hydrogen) atoms. The minimum atomic E-state index is -0.125. The molecule has 0 saturated heterocycles. The number of fused-ring (bicyclic) bond motifs is 1. The van der Waals surface area contributed by atoms with E-state index >= 15 is 0 Å². The van der Waals surface area contributed by atoms with E-state index < -0.39 is 0 Å². The highest BCUT2D eigenvalue weighted by Crippen LogP contribution is 2.23. The fourth-order valence-electron chi connectivity index (χ4n) is 3.12. The van der Waals surface area contributed by atoms with Crippen molar-refractivity contribution >= 4 is 10.8 Å². The normalized spacial score (nSPS) is 22.4. The number of hydrogen-bond acceptors (Lipinski definition) is 3. The van der Waals surface area contributed by atoms with Gasteiger partial charge < -0.3 is 15.2 Å². The van der Waals surface area contributed by atoms with Gasteiger partial charge in [0.25, 0.3) is 0 Å². The van der Waals surface area contributed by atoms with E-state index in [1.54, 1.807) is 7.11 Å². The SMILES string of the molecule is COc1ccc2cc(CNC3CCCC(O)C3)ccc2c1. The standard InChI is InChI=1S/C18H23NO2/c1-21-18-8-7-14-9-13(5-6-15(14)10-18)12-19-16-3-2-4-17(20)11-16/h5-10,16-17,19-20H,2-4,11-12H2,1H3. The lowest BCUT2D eigenvalue weighted by Crippen LogP contribution is -2.35. The molecule has 2 atom stereocenters. The number of aliphatic hydroxyl groups excluding tert-OH is 1. The average Bonchev–Trinajstić information content (AvgIpc) is 2.52. The Hall–Kier alpha value is -1.58. The number of hydrogen-bond donors (Lipinski definition) is 2. The summed E-state index contributed by atoms with van der Waals surface area (Å²) in [5.41, 5.74) is 1.28. The van der Waals surface area contributed by atoms with Crippen LogP contribution in [0, 0.1) is 0 Å². The zero-order valence-electron chi connectivity index (χ0n) is 12.5. The quantitative estimate of drug-likeness (QED) is 0.906. The molecule has 0 radical (unpaired) electrons. The Morgan fingerprint density at radius 1 is 1.14 bits per heavy atom. The molecule has 0 aromatic heterocycles. The van der Waals surface area contributed by atoms with E-state index in [2.05, 4.69) is 35.6 Å². The second-order valence-corrected chi connectivity index (χ2v) is 5.95. The first-order chi connectivity index (χ1) is 10.2. The van der Waals surface area contributed by atoms with Crippen molar-refractivity contribution in [2.45, 2.75) is 44.4 Å². The third-order valence-corrected chi connectivity index (χ3v) is 4.35. The van der Waals surface area contributed by atoms with Gasteiger partial charge in [-0.15, -0.1) is 0 Å². The summed E-state index contributed by atoms with van der Waals surface area (Å²) in [5.74, 6) is 0.893. The van der Waals surface area contributed by atoms with Gasteiger partial charge in [-0.25, -0.2) is 0 Å². The van der Waals surface area contributed by atoms with Crippen molar-refractivity contribution in [3.05, 3.63) is 42.0 Å². The first kappa shape index (κ1) is 14.4. The predicted octanol–water partition coefficient (Wildman–Crippen LogP) is 3.24. The fraction of sp³-hybridized carbons (Fsp3) is 0.444. The van der Waals surface area contributed by atoms with Crippen molar-refractivity contribution < 1.29 is 9.84 Å². The molecule has 3 heteroatoms. The Morgan fingerprint density at radius 2 is 1.95 bits per heavy atom. The molecule has 1 saturated carbocycles. The zero-order valence-corrected chi connectivity index (χ0v) is 12.5. The predicted molar refractivity (Wildman–Crippen MR) is 85.6 cm³/mol. The molecular formula is C18H23NO2. The zero-order chi connectivity index (χ0) is 14.7. The highest BCUT2D eigenvalue weighted by Gasteiger charge is 2.19. The van der Waals surface area contributed by atoms with Gasteiger partial charge in [-0.1, -0.05) is 18.2 Å². The van der Waals surface area contributed by atoms with Crippen LogP contribution in [0.15, 0.2) is 36.4 Å². The molecule has 1 fully saturated rings. The van der Waals surface area contributed by atoms with Crippen molar-refractivity contribution in [3.8, 4) is 5.75 Å². The van der Waals surface area contributed by atoms with E-state index in [9.17, 15) is 5.11 Å². The summed E-state index contributed by atoms with van der Waals surface area (Å²) in [6.07, 6.45) is 4.00. The molecule has 3 nitrogen and oxygen atoms in total. The third kappa shape index (κ3) is 3.55. The summed E-state index contributed by atoms with van der Waals surface area (Å²) in [6, 6.07) is 13.1. The topological polar surface area (TPSA) is 41.5 Å². The summed E-state index contributed by atoms with van der Waals surface area (Å²) >= 11 is 0. The Morgan fingerprint density at radius 3 is 2.76 bits per heavy atom. The van der Waals surface area contributed by atoms with Crippen LogP contribution in [0.3, 0.4) is 0 Å². The summed E-state index contributed by atoms with van der Waals surface area (Å²) < 4.78 is 5.25. The van der Waals surface area contributed by atoms with Crippen molar-refractivity contribution in [2.24, 2.45) is 0 Å². The van der Waals surface area contributed by atoms with Crippen molar-refractivity contribution in [2.75, 3.05) is 7.11 Å². The summed E-state index contributed by atoms with van der Waals surface area (Å²) in [5, 5.41) is 15.7. The number of rotatable bonds is 4. The van der Waals surface area contributed by atoms with E-state index in [0.717, 1.165) is 31.6 Å². The molecule has 2 aromatic rings. The second kappa shape index (κ2) is 6.46. The summed E-state index contributed by atoms with van der Waals surface area (Å²) in [4.78, 5) is 0. The lowest BCUT2D eigenvalue weighted by atomic mass is 9.93. The van der Waals surface area contributed by atoms with Gasteiger partial charge in [0.1, 0.15) is 5.75 Å². The van der Waals surface area contributed by atoms with Crippen molar-refractivity contribution in [3.63, 3.8) is 0 Å². The van der Waals surface area contributed by atoms with Crippen molar-refractivity contribution in [1.29, 1.82) is 0 Å². The van der Waals surface area contributed by atoms with Gasteiger partial charge in [-0.2, -0.15) is 0 Å². The highest BCUT2D eigenvalue weighted by molar-refractivity contribution is 5.84. The second-order valence-electron chi connectivity index (χ2n) is 5.95. The van der Waals surface area contributed by atoms with E-state index in [4.69, 9.17) is 4.74 Å². The number of ether oxygens (including phenoxy) is 1. The van der Waals surface area contributed by atoms with Crippen LogP contribution in [-0.2, 0) is 6.54 Å². The van der Waals surface area contributed by atoms with Crippen LogP contribution in [0.4, 0.5) is 0 Å². The smallest absolute Gasteiger partial charge is 0.119 e. The van der Waals surface area contributed by atoms with E-state index in [-0.39, 0.29) is 6.10 Å². The molecule has 0 aliphatic heterocycles. The van der Waals surface area contributed by atoms with Crippen LogP contribution in [0.5, 0.6) is 5.75 Å². The molecule has 1 aliphatic rings.